The van der Waals surface area contributed by atoms with Gasteiger partial charge in [-0.2, -0.15) is 4.98 Å². The molecule has 0 aliphatic heterocycles. The topological polar surface area (TPSA) is 61.0 Å². The van der Waals surface area contributed by atoms with Gasteiger partial charge in [-0.25, -0.2) is 4.98 Å². The summed E-state index contributed by atoms with van der Waals surface area (Å²) in [7, 11) is 0. The molecule has 0 fully saturated rings. The summed E-state index contributed by atoms with van der Waals surface area (Å²) in [4.78, 5) is 8.02. The molecule has 0 aromatic carbocycles. The Morgan fingerprint density at radius 3 is 2.69 bits per heavy atom. The number of nitrogens with two attached hydrogens (primary N) is 1. The molecular weight excluding hydrogens is 166 g/mol. The van der Waals surface area contributed by atoms with E-state index in [4.69, 9.17) is 10.5 Å². The predicted octanol–water partition coefficient (Wildman–Crippen LogP) is 1.41. The maximum Gasteiger partial charge on any atom is 0.240 e. The molecule has 2 N–H and O–H groups in total. The summed E-state index contributed by atoms with van der Waals surface area (Å²) in [6.45, 7) is 5.87. The van der Waals surface area contributed by atoms with Crippen LogP contribution in [0, 0.1) is 0 Å². The fourth-order valence-corrected chi connectivity index (χ4v) is 1.01. The first-order chi connectivity index (χ1) is 6.15. The van der Waals surface area contributed by atoms with Crippen LogP contribution in [0.15, 0.2) is 6.33 Å². The molecule has 4 heteroatoms. The Balaban J connectivity index is 2.94. The highest BCUT2D eigenvalue weighted by Crippen LogP contribution is 2.21. The highest BCUT2D eigenvalue weighted by molar-refractivity contribution is 5.51. The maximum absolute atomic E-state index is 5.79. The van der Waals surface area contributed by atoms with E-state index < -0.39 is 0 Å². The second-order valence-electron chi connectivity index (χ2n) is 3.06. The standard InChI is InChI=1S/C9H15N3O/c1-4-7-8(10)9(12-5-11-7)13-6(2)3/h5-6H,4,10H2,1-3H3. The number of anilines is 1. The maximum atomic E-state index is 5.79. The van der Waals surface area contributed by atoms with Crippen LogP contribution in [0.2, 0.25) is 0 Å². The van der Waals surface area contributed by atoms with E-state index in [2.05, 4.69) is 9.97 Å². The van der Waals surface area contributed by atoms with Crippen LogP contribution < -0.4 is 10.5 Å². The third-order valence-electron chi connectivity index (χ3n) is 1.61. The van der Waals surface area contributed by atoms with Crippen LogP contribution in [0.4, 0.5) is 5.69 Å². The number of nitrogens with zero attached hydrogens (tertiary/aromatic N) is 2. The number of hydrogen-bond acceptors (Lipinski definition) is 4. The lowest BCUT2D eigenvalue weighted by Gasteiger charge is -2.11. The first kappa shape index (κ1) is 9.77. The molecule has 4 nitrogen and oxygen atoms in total. The number of aromatic nitrogens is 2. The summed E-state index contributed by atoms with van der Waals surface area (Å²) in [6.07, 6.45) is 2.36. The summed E-state index contributed by atoms with van der Waals surface area (Å²) in [5.74, 6) is 0.488. The van der Waals surface area contributed by atoms with Crippen molar-refractivity contribution in [2.45, 2.75) is 33.3 Å². The zero-order valence-electron chi connectivity index (χ0n) is 8.24. The van der Waals surface area contributed by atoms with Crippen LogP contribution in [-0.4, -0.2) is 16.1 Å². The second-order valence-corrected chi connectivity index (χ2v) is 3.06. The van der Waals surface area contributed by atoms with Crippen LogP contribution >= 0.6 is 0 Å². The normalized spacial score (nSPS) is 10.5. The summed E-state index contributed by atoms with van der Waals surface area (Å²) >= 11 is 0. The lowest BCUT2D eigenvalue weighted by Crippen LogP contribution is -2.10. The third-order valence-corrected chi connectivity index (χ3v) is 1.61. The van der Waals surface area contributed by atoms with Gasteiger partial charge in [-0.1, -0.05) is 6.92 Å². The summed E-state index contributed by atoms with van der Waals surface area (Å²) in [6, 6.07) is 0. The first-order valence-electron chi connectivity index (χ1n) is 4.41. The molecule has 1 heterocycles. The van der Waals surface area contributed by atoms with Crippen molar-refractivity contribution in [3.63, 3.8) is 0 Å². The monoisotopic (exact) mass is 181 g/mol. The van der Waals surface area contributed by atoms with Crippen LogP contribution in [-0.2, 0) is 6.42 Å². The molecule has 0 radical (unpaired) electrons. The summed E-state index contributed by atoms with van der Waals surface area (Å²) in [5, 5.41) is 0. The molecule has 0 aliphatic carbocycles. The number of nitrogen functional groups attached to an aromatic ring is 1. The Bertz CT molecular complexity index is 286. The molecule has 13 heavy (non-hydrogen) atoms. The Labute approximate surface area is 78.1 Å². The molecule has 0 amide bonds. The van der Waals surface area contributed by atoms with Crippen molar-refractivity contribution in [1.29, 1.82) is 0 Å². The van der Waals surface area contributed by atoms with Crippen molar-refractivity contribution >= 4 is 5.69 Å². The zero-order chi connectivity index (χ0) is 9.84. The van der Waals surface area contributed by atoms with E-state index in [-0.39, 0.29) is 6.10 Å². The van der Waals surface area contributed by atoms with E-state index in [1.54, 1.807) is 0 Å². The van der Waals surface area contributed by atoms with Crippen molar-refractivity contribution in [2.75, 3.05) is 5.73 Å². The van der Waals surface area contributed by atoms with Gasteiger partial charge in [0.2, 0.25) is 5.88 Å². The molecule has 72 valence electrons. The average Bonchev–Trinajstić information content (AvgIpc) is 2.08. The van der Waals surface area contributed by atoms with Gasteiger partial charge >= 0.3 is 0 Å². The minimum absolute atomic E-state index is 0.0851. The van der Waals surface area contributed by atoms with E-state index in [1.807, 2.05) is 20.8 Å². The zero-order valence-corrected chi connectivity index (χ0v) is 8.24. The van der Waals surface area contributed by atoms with E-state index in [0.717, 1.165) is 12.1 Å². The molecule has 0 unspecified atom stereocenters. The Morgan fingerprint density at radius 2 is 2.15 bits per heavy atom. The molecular formula is C9H15N3O. The van der Waals surface area contributed by atoms with Gasteiger partial charge in [0.15, 0.2) is 0 Å². The van der Waals surface area contributed by atoms with E-state index in [9.17, 15) is 0 Å². The van der Waals surface area contributed by atoms with Crippen LogP contribution in [0.25, 0.3) is 0 Å². The van der Waals surface area contributed by atoms with Crippen LogP contribution in [0.5, 0.6) is 5.88 Å². The first-order valence-corrected chi connectivity index (χ1v) is 4.41. The van der Waals surface area contributed by atoms with Gasteiger partial charge in [0.05, 0.1) is 11.8 Å². The Hall–Kier alpha value is -1.32. The Kier molecular flexibility index (Phi) is 3.06. The lowest BCUT2D eigenvalue weighted by molar-refractivity contribution is 0.233. The number of ether oxygens (including phenoxy) is 1. The SMILES string of the molecule is CCc1ncnc(OC(C)C)c1N. The van der Waals surface area contributed by atoms with Crippen LogP contribution in [0.3, 0.4) is 0 Å². The highest BCUT2D eigenvalue weighted by atomic mass is 16.5. The van der Waals surface area contributed by atoms with Gasteiger partial charge in [-0.15, -0.1) is 0 Å². The van der Waals surface area contributed by atoms with Crippen molar-refractivity contribution in [3.8, 4) is 5.88 Å². The minimum atomic E-state index is 0.0851. The van der Waals surface area contributed by atoms with Crippen molar-refractivity contribution in [3.05, 3.63) is 12.0 Å². The molecule has 0 atom stereocenters. The molecule has 0 saturated carbocycles. The third kappa shape index (κ3) is 2.31. The average molecular weight is 181 g/mol. The fourth-order valence-electron chi connectivity index (χ4n) is 1.01. The summed E-state index contributed by atoms with van der Waals surface area (Å²) < 4.78 is 5.41. The van der Waals surface area contributed by atoms with Gasteiger partial charge in [0.25, 0.3) is 0 Å². The highest BCUT2D eigenvalue weighted by Gasteiger charge is 2.08. The minimum Gasteiger partial charge on any atom is -0.473 e. The van der Waals surface area contributed by atoms with E-state index in [1.165, 1.54) is 6.33 Å². The van der Waals surface area contributed by atoms with Gasteiger partial charge in [0, 0.05) is 0 Å². The summed E-state index contributed by atoms with van der Waals surface area (Å²) in [5.41, 5.74) is 7.19. The molecule has 0 aliphatic rings. The fraction of sp³-hybridized carbons (Fsp3) is 0.556. The van der Waals surface area contributed by atoms with Gasteiger partial charge in [-0.05, 0) is 20.3 Å². The Morgan fingerprint density at radius 1 is 1.46 bits per heavy atom. The predicted molar refractivity (Wildman–Crippen MR) is 51.6 cm³/mol. The van der Waals surface area contributed by atoms with Gasteiger partial charge in [0.1, 0.15) is 12.0 Å². The molecule has 1 aromatic heterocycles. The largest absolute Gasteiger partial charge is 0.473 e. The molecule has 1 rings (SSSR count). The second kappa shape index (κ2) is 4.07. The molecule has 0 bridgehead atoms. The number of aryl methyl sites for hydroxylation is 1. The van der Waals surface area contributed by atoms with E-state index >= 15 is 0 Å². The lowest BCUT2D eigenvalue weighted by atomic mass is 10.3. The van der Waals surface area contributed by atoms with Crippen molar-refractivity contribution < 1.29 is 4.74 Å². The number of hydrogen-bond donors (Lipinski definition) is 1. The van der Waals surface area contributed by atoms with Gasteiger partial charge in [-0.3, -0.25) is 0 Å². The quantitative estimate of drug-likeness (QED) is 0.765. The smallest absolute Gasteiger partial charge is 0.240 e. The van der Waals surface area contributed by atoms with Crippen LogP contribution in [0.1, 0.15) is 26.5 Å². The van der Waals surface area contributed by atoms with Crippen molar-refractivity contribution in [2.24, 2.45) is 0 Å². The molecule has 0 saturated heterocycles. The molecule has 0 spiro atoms. The van der Waals surface area contributed by atoms with Gasteiger partial charge < -0.3 is 10.5 Å². The molecule has 1 aromatic rings. The van der Waals surface area contributed by atoms with Crippen molar-refractivity contribution in [1.82, 2.24) is 9.97 Å². The number of rotatable bonds is 3. The van der Waals surface area contributed by atoms with E-state index in [0.29, 0.717) is 11.6 Å².